The quantitative estimate of drug-likeness (QED) is 0.773. The number of hydrogen-bond donors (Lipinski definition) is 1. The van der Waals surface area contributed by atoms with E-state index in [1.807, 2.05) is 13.0 Å². The van der Waals surface area contributed by atoms with Crippen LogP contribution in [0.3, 0.4) is 0 Å². The summed E-state index contributed by atoms with van der Waals surface area (Å²) in [5, 5.41) is 10.5. The van der Waals surface area contributed by atoms with Crippen molar-refractivity contribution in [2.45, 2.75) is 63.4 Å². The number of rotatable bonds is 7. The monoisotopic (exact) mass is 337 g/mol. The molecule has 0 radical (unpaired) electrons. The van der Waals surface area contributed by atoms with Gasteiger partial charge in [-0.3, -0.25) is 4.31 Å². The topological polar surface area (TPSA) is 57.6 Å². The minimum atomic E-state index is -3.60. The van der Waals surface area contributed by atoms with E-state index in [1.54, 1.807) is 24.3 Å². The van der Waals surface area contributed by atoms with Gasteiger partial charge in [-0.15, -0.1) is 0 Å². The Morgan fingerprint density at radius 1 is 1.22 bits per heavy atom. The molecular weight excluding hydrogens is 310 g/mol. The minimum Gasteiger partial charge on any atom is -0.387 e. The van der Waals surface area contributed by atoms with Gasteiger partial charge >= 0.3 is 0 Å². The lowest BCUT2D eigenvalue weighted by Crippen LogP contribution is -2.38. The second-order valence-corrected chi connectivity index (χ2v) is 8.04. The Morgan fingerprint density at radius 2 is 1.91 bits per heavy atom. The van der Waals surface area contributed by atoms with Crippen molar-refractivity contribution >= 4 is 10.0 Å². The zero-order valence-corrected chi connectivity index (χ0v) is 14.8. The van der Waals surface area contributed by atoms with Crippen molar-refractivity contribution < 1.29 is 13.5 Å². The molecule has 1 aliphatic rings. The smallest absolute Gasteiger partial charge is 0.264 e. The molecule has 4 nitrogen and oxygen atoms in total. The Kier molecular flexibility index (Phi) is 6.25. The van der Waals surface area contributed by atoms with E-state index in [-0.39, 0.29) is 4.90 Å². The van der Waals surface area contributed by atoms with Crippen molar-refractivity contribution in [2.75, 3.05) is 6.54 Å². The summed E-state index contributed by atoms with van der Waals surface area (Å²) in [6.07, 6.45) is 6.43. The Balaban J connectivity index is 2.22. The molecule has 128 valence electrons. The Hall–Kier alpha value is -1.33. The first-order valence-corrected chi connectivity index (χ1v) is 9.88. The standard InChI is InChI=1S/C18H27NO3S/c1-3-4-5-9-18(20)17-8-6-7-14-19(17)23(21,22)16-12-10-15(2)11-13-16/h8,10-13,18,20H,3-7,9,14H2,1-2H3. The van der Waals surface area contributed by atoms with E-state index in [9.17, 15) is 13.5 Å². The zero-order valence-electron chi connectivity index (χ0n) is 14.0. The fourth-order valence-corrected chi connectivity index (χ4v) is 4.43. The highest BCUT2D eigenvalue weighted by Gasteiger charge is 2.31. The summed E-state index contributed by atoms with van der Waals surface area (Å²) in [5.41, 5.74) is 1.57. The van der Waals surface area contributed by atoms with Crippen molar-refractivity contribution in [1.29, 1.82) is 0 Å². The van der Waals surface area contributed by atoms with Crippen LogP contribution in [0.2, 0.25) is 0 Å². The molecular formula is C18H27NO3S. The number of sulfonamides is 1. The third-order valence-electron chi connectivity index (χ3n) is 4.24. The summed E-state index contributed by atoms with van der Waals surface area (Å²) in [4.78, 5) is 0.289. The van der Waals surface area contributed by atoms with Crippen LogP contribution in [0.5, 0.6) is 0 Å². The van der Waals surface area contributed by atoms with Crippen molar-refractivity contribution in [2.24, 2.45) is 0 Å². The fourth-order valence-electron chi connectivity index (χ4n) is 2.85. The van der Waals surface area contributed by atoms with Gasteiger partial charge in [0.15, 0.2) is 0 Å². The maximum atomic E-state index is 12.9. The second-order valence-electron chi connectivity index (χ2n) is 6.17. The SMILES string of the molecule is CCCCCC(O)C1=CCCCN1S(=O)(=O)c1ccc(C)cc1. The van der Waals surface area contributed by atoms with Crippen molar-refractivity contribution in [1.82, 2.24) is 4.31 Å². The molecule has 0 fully saturated rings. The largest absolute Gasteiger partial charge is 0.387 e. The van der Waals surface area contributed by atoms with Crippen LogP contribution in [0.4, 0.5) is 0 Å². The highest BCUT2D eigenvalue weighted by atomic mass is 32.2. The summed E-state index contributed by atoms with van der Waals surface area (Å²) >= 11 is 0. The molecule has 1 aromatic rings. The molecule has 0 bridgehead atoms. The number of aliphatic hydroxyl groups excluding tert-OH is 1. The van der Waals surface area contributed by atoms with E-state index in [1.165, 1.54) is 4.31 Å². The predicted octanol–water partition coefficient (Wildman–Crippen LogP) is 3.60. The average Bonchev–Trinajstić information content (AvgIpc) is 2.55. The first-order valence-electron chi connectivity index (χ1n) is 8.44. The molecule has 2 rings (SSSR count). The summed E-state index contributed by atoms with van der Waals surface area (Å²) in [5.74, 6) is 0. The normalized spacial score (nSPS) is 17.0. The van der Waals surface area contributed by atoms with Crippen LogP contribution in [0, 0.1) is 6.92 Å². The molecule has 0 amide bonds. The predicted molar refractivity (Wildman–Crippen MR) is 92.5 cm³/mol. The number of nitrogens with zero attached hydrogens (tertiary/aromatic N) is 1. The van der Waals surface area contributed by atoms with Crippen LogP contribution in [0.25, 0.3) is 0 Å². The zero-order chi connectivity index (χ0) is 16.9. The van der Waals surface area contributed by atoms with Crippen LogP contribution in [0.1, 0.15) is 51.0 Å². The van der Waals surface area contributed by atoms with Crippen LogP contribution in [-0.4, -0.2) is 30.5 Å². The molecule has 0 aliphatic carbocycles. The van der Waals surface area contributed by atoms with E-state index in [0.717, 1.165) is 37.7 Å². The Labute approximate surface area is 139 Å². The van der Waals surface area contributed by atoms with E-state index < -0.39 is 16.1 Å². The van der Waals surface area contributed by atoms with Crippen molar-refractivity contribution in [3.05, 3.63) is 41.6 Å². The third-order valence-corrected chi connectivity index (χ3v) is 6.08. The maximum Gasteiger partial charge on any atom is 0.264 e. The molecule has 5 heteroatoms. The summed E-state index contributed by atoms with van der Waals surface area (Å²) in [7, 11) is -3.60. The average molecular weight is 337 g/mol. The number of aryl methyl sites for hydroxylation is 1. The van der Waals surface area contributed by atoms with E-state index in [2.05, 4.69) is 6.92 Å². The van der Waals surface area contributed by atoms with E-state index >= 15 is 0 Å². The summed E-state index contributed by atoms with van der Waals surface area (Å²) in [6, 6.07) is 6.89. The van der Waals surface area contributed by atoms with Crippen molar-refractivity contribution in [3.63, 3.8) is 0 Å². The van der Waals surface area contributed by atoms with Crippen LogP contribution in [0.15, 0.2) is 40.9 Å². The highest BCUT2D eigenvalue weighted by Crippen LogP contribution is 2.28. The van der Waals surface area contributed by atoms with Gasteiger partial charge in [0.1, 0.15) is 0 Å². The Bertz CT molecular complexity index is 635. The summed E-state index contributed by atoms with van der Waals surface area (Å²) < 4.78 is 27.2. The molecule has 23 heavy (non-hydrogen) atoms. The third kappa shape index (κ3) is 4.36. The van der Waals surface area contributed by atoms with Gasteiger partial charge in [-0.05, 0) is 38.3 Å². The fraction of sp³-hybridized carbons (Fsp3) is 0.556. The molecule has 1 heterocycles. The number of allylic oxidation sites excluding steroid dienone is 1. The second kappa shape index (κ2) is 7.97. The van der Waals surface area contributed by atoms with Gasteiger partial charge in [0.2, 0.25) is 0 Å². The molecule has 0 saturated heterocycles. The van der Waals surface area contributed by atoms with Gasteiger partial charge < -0.3 is 5.11 Å². The van der Waals surface area contributed by atoms with Gasteiger partial charge in [0.05, 0.1) is 16.7 Å². The molecule has 0 aromatic heterocycles. The number of hydrogen-bond acceptors (Lipinski definition) is 3. The molecule has 1 aromatic carbocycles. The lowest BCUT2D eigenvalue weighted by atomic mass is 10.0. The highest BCUT2D eigenvalue weighted by molar-refractivity contribution is 7.89. The van der Waals surface area contributed by atoms with E-state index in [4.69, 9.17) is 0 Å². The lowest BCUT2D eigenvalue weighted by Gasteiger charge is -2.32. The molecule has 0 spiro atoms. The maximum absolute atomic E-state index is 12.9. The molecule has 0 saturated carbocycles. The minimum absolute atomic E-state index is 0.289. The molecule has 1 N–H and O–H groups in total. The number of aliphatic hydroxyl groups is 1. The van der Waals surface area contributed by atoms with Gasteiger partial charge in [0, 0.05) is 6.54 Å². The lowest BCUT2D eigenvalue weighted by molar-refractivity contribution is 0.168. The van der Waals surface area contributed by atoms with Gasteiger partial charge in [-0.1, -0.05) is 50.0 Å². The van der Waals surface area contributed by atoms with Gasteiger partial charge in [-0.2, -0.15) is 0 Å². The first-order chi connectivity index (χ1) is 11.0. The molecule has 1 atom stereocenters. The Morgan fingerprint density at radius 3 is 2.57 bits per heavy atom. The van der Waals surface area contributed by atoms with E-state index in [0.29, 0.717) is 18.7 Å². The van der Waals surface area contributed by atoms with Crippen LogP contribution >= 0.6 is 0 Å². The number of benzene rings is 1. The van der Waals surface area contributed by atoms with Gasteiger partial charge in [-0.25, -0.2) is 8.42 Å². The van der Waals surface area contributed by atoms with Crippen molar-refractivity contribution in [3.8, 4) is 0 Å². The van der Waals surface area contributed by atoms with Crippen LogP contribution < -0.4 is 0 Å². The first kappa shape index (κ1) is 18.0. The van der Waals surface area contributed by atoms with Gasteiger partial charge in [0.25, 0.3) is 10.0 Å². The molecule has 1 aliphatic heterocycles. The summed E-state index contributed by atoms with van der Waals surface area (Å²) in [6.45, 7) is 4.48. The number of unbranched alkanes of at least 4 members (excludes halogenated alkanes) is 2. The molecule has 1 unspecified atom stereocenters. The van der Waals surface area contributed by atoms with Crippen LogP contribution in [-0.2, 0) is 10.0 Å².